The lowest BCUT2D eigenvalue weighted by molar-refractivity contribution is -0.138. The number of Topliss-reactive ketones (excluding diaryl/α,β-unsaturated/α-hetero) is 1. The first-order valence-electron chi connectivity index (χ1n) is 6.05. The number of methoxy groups -OCH3 is 1. The number of carbonyl (C=O) groups is 2. The molecule has 1 atom stereocenters. The van der Waals surface area contributed by atoms with Gasteiger partial charge in [0.2, 0.25) is 0 Å². The second-order valence-corrected chi connectivity index (χ2v) is 4.91. The SMILES string of the molecule is COc1ccc2c(c1)OC(C)(CCC(=O)O)CC2=O. The molecule has 0 saturated carbocycles. The molecule has 0 spiro atoms. The van der Waals surface area contributed by atoms with E-state index in [0.29, 0.717) is 23.5 Å². The molecule has 1 aromatic carbocycles. The van der Waals surface area contributed by atoms with E-state index in [9.17, 15) is 9.59 Å². The van der Waals surface area contributed by atoms with Gasteiger partial charge in [-0.15, -0.1) is 0 Å². The van der Waals surface area contributed by atoms with Crippen molar-refractivity contribution in [1.29, 1.82) is 0 Å². The Morgan fingerprint density at radius 1 is 1.53 bits per heavy atom. The summed E-state index contributed by atoms with van der Waals surface area (Å²) in [5.41, 5.74) is -0.247. The molecule has 1 unspecified atom stereocenters. The number of fused-ring (bicyclic) bond motifs is 1. The Morgan fingerprint density at radius 3 is 2.89 bits per heavy atom. The maximum absolute atomic E-state index is 12.1. The van der Waals surface area contributed by atoms with E-state index in [2.05, 4.69) is 0 Å². The number of hydrogen-bond donors (Lipinski definition) is 1. The number of hydrogen-bond acceptors (Lipinski definition) is 4. The first kappa shape index (κ1) is 13.4. The fourth-order valence-corrected chi connectivity index (χ4v) is 2.19. The van der Waals surface area contributed by atoms with Crippen LogP contribution in [0.25, 0.3) is 0 Å². The maximum atomic E-state index is 12.1. The molecule has 19 heavy (non-hydrogen) atoms. The first-order chi connectivity index (χ1) is 8.93. The quantitative estimate of drug-likeness (QED) is 0.903. The Morgan fingerprint density at radius 2 is 2.26 bits per heavy atom. The molecule has 0 bridgehead atoms. The number of carbonyl (C=O) groups excluding carboxylic acids is 1. The van der Waals surface area contributed by atoms with Gasteiger partial charge in [0.1, 0.15) is 17.1 Å². The molecular formula is C14H16O5. The van der Waals surface area contributed by atoms with E-state index in [4.69, 9.17) is 14.6 Å². The summed E-state index contributed by atoms with van der Waals surface area (Å²) < 4.78 is 10.9. The summed E-state index contributed by atoms with van der Waals surface area (Å²) in [5, 5.41) is 8.74. The number of carboxylic acid groups (broad SMARTS) is 1. The lowest BCUT2D eigenvalue weighted by Gasteiger charge is -2.34. The lowest BCUT2D eigenvalue weighted by Crippen LogP contribution is -2.39. The third kappa shape index (κ3) is 2.86. The molecule has 0 fully saturated rings. The fraction of sp³-hybridized carbons (Fsp3) is 0.429. The number of benzene rings is 1. The second kappa shape index (κ2) is 4.91. The third-order valence-corrected chi connectivity index (χ3v) is 3.25. The van der Waals surface area contributed by atoms with Crippen molar-refractivity contribution in [2.45, 2.75) is 31.8 Å². The van der Waals surface area contributed by atoms with Crippen molar-refractivity contribution in [3.63, 3.8) is 0 Å². The van der Waals surface area contributed by atoms with Crippen LogP contribution in [-0.2, 0) is 4.79 Å². The number of ether oxygens (including phenoxy) is 2. The van der Waals surface area contributed by atoms with Crippen molar-refractivity contribution in [1.82, 2.24) is 0 Å². The highest BCUT2D eigenvalue weighted by Crippen LogP contribution is 2.37. The van der Waals surface area contributed by atoms with Crippen LogP contribution in [0, 0.1) is 0 Å². The number of rotatable bonds is 4. The highest BCUT2D eigenvalue weighted by molar-refractivity contribution is 6.00. The molecule has 1 N–H and O–H groups in total. The summed E-state index contributed by atoms with van der Waals surface area (Å²) in [6, 6.07) is 5.04. The molecule has 0 amide bonds. The standard InChI is InChI=1S/C14H16O5/c1-14(6-5-13(16)17)8-11(15)10-4-3-9(18-2)7-12(10)19-14/h3-4,7H,5-6,8H2,1-2H3,(H,16,17). The van der Waals surface area contributed by atoms with E-state index in [0.717, 1.165) is 0 Å². The molecule has 2 rings (SSSR count). The van der Waals surface area contributed by atoms with Crippen LogP contribution < -0.4 is 9.47 Å². The molecule has 0 aromatic heterocycles. The minimum Gasteiger partial charge on any atom is -0.497 e. The van der Waals surface area contributed by atoms with E-state index < -0.39 is 11.6 Å². The first-order valence-corrected chi connectivity index (χ1v) is 6.05. The Labute approximate surface area is 111 Å². The molecule has 1 aromatic rings. The maximum Gasteiger partial charge on any atom is 0.303 e. The number of carboxylic acids is 1. The van der Waals surface area contributed by atoms with E-state index in [1.54, 1.807) is 25.1 Å². The van der Waals surface area contributed by atoms with Gasteiger partial charge in [-0.1, -0.05) is 0 Å². The molecule has 0 aliphatic carbocycles. The van der Waals surface area contributed by atoms with E-state index in [1.807, 2.05) is 0 Å². The van der Waals surface area contributed by atoms with Gasteiger partial charge in [0, 0.05) is 12.5 Å². The third-order valence-electron chi connectivity index (χ3n) is 3.25. The molecule has 5 heteroatoms. The predicted molar refractivity (Wildman–Crippen MR) is 67.8 cm³/mol. The fourth-order valence-electron chi connectivity index (χ4n) is 2.19. The highest BCUT2D eigenvalue weighted by atomic mass is 16.5. The van der Waals surface area contributed by atoms with Crippen molar-refractivity contribution in [3.8, 4) is 11.5 Å². The minimum absolute atomic E-state index is 0.0247. The van der Waals surface area contributed by atoms with Gasteiger partial charge in [0.15, 0.2) is 5.78 Å². The van der Waals surface area contributed by atoms with Crippen LogP contribution in [-0.4, -0.2) is 29.6 Å². The van der Waals surface area contributed by atoms with Gasteiger partial charge in [-0.2, -0.15) is 0 Å². The van der Waals surface area contributed by atoms with Gasteiger partial charge in [-0.05, 0) is 25.5 Å². The number of ketones is 1. The van der Waals surface area contributed by atoms with Crippen molar-refractivity contribution < 1.29 is 24.2 Å². The Balaban J connectivity index is 2.26. The Hall–Kier alpha value is -2.04. The normalized spacial score (nSPS) is 21.5. The van der Waals surface area contributed by atoms with Crippen LogP contribution in [0.1, 0.15) is 36.5 Å². The zero-order valence-corrected chi connectivity index (χ0v) is 10.9. The van der Waals surface area contributed by atoms with Gasteiger partial charge in [-0.25, -0.2) is 0 Å². The van der Waals surface area contributed by atoms with Crippen LogP contribution in [0.4, 0.5) is 0 Å². The zero-order chi connectivity index (χ0) is 14.0. The molecule has 0 saturated heterocycles. The monoisotopic (exact) mass is 264 g/mol. The molecule has 5 nitrogen and oxygen atoms in total. The summed E-state index contributed by atoms with van der Waals surface area (Å²) in [6.45, 7) is 1.76. The summed E-state index contributed by atoms with van der Waals surface area (Å²) in [6.07, 6.45) is 0.466. The van der Waals surface area contributed by atoms with Crippen molar-refractivity contribution in [2.24, 2.45) is 0 Å². The molecule has 1 heterocycles. The van der Waals surface area contributed by atoms with Crippen LogP contribution in [0.3, 0.4) is 0 Å². The Kier molecular flexibility index (Phi) is 3.46. The van der Waals surface area contributed by atoms with Gasteiger partial charge in [-0.3, -0.25) is 9.59 Å². The lowest BCUT2D eigenvalue weighted by atomic mass is 9.88. The molecular weight excluding hydrogens is 248 g/mol. The van der Waals surface area contributed by atoms with Crippen molar-refractivity contribution >= 4 is 11.8 Å². The number of aliphatic carboxylic acids is 1. The second-order valence-electron chi connectivity index (χ2n) is 4.91. The van der Waals surface area contributed by atoms with E-state index >= 15 is 0 Å². The molecule has 102 valence electrons. The van der Waals surface area contributed by atoms with Crippen LogP contribution in [0.5, 0.6) is 11.5 Å². The summed E-state index contributed by atoms with van der Waals surface area (Å²) in [7, 11) is 1.54. The summed E-state index contributed by atoms with van der Waals surface area (Å²) in [5.74, 6) is 0.142. The van der Waals surface area contributed by atoms with Gasteiger partial charge >= 0.3 is 5.97 Å². The van der Waals surface area contributed by atoms with E-state index in [-0.39, 0.29) is 18.6 Å². The topological polar surface area (TPSA) is 72.8 Å². The van der Waals surface area contributed by atoms with E-state index in [1.165, 1.54) is 7.11 Å². The Bertz CT molecular complexity index is 523. The average molecular weight is 264 g/mol. The largest absolute Gasteiger partial charge is 0.497 e. The molecule has 1 aliphatic rings. The molecule has 0 radical (unpaired) electrons. The van der Waals surface area contributed by atoms with Crippen LogP contribution >= 0.6 is 0 Å². The van der Waals surface area contributed by atoms with Crippen LogP contribution in [0.15, 0.2) is 18.2 Å². The van der Waals surface area contributed by atoms with Crippen LogP contribution in [0.2, 0.25) is 0 Å². The summed E-state index contributed by atoms with van der Waals surface area (Å²) >= 11 is 0. The van der Waals surface area contributed by atoms with Gasteiger partial charge in [0.05, 0.1) is 19.1 Å². The van der Waals surface area contributed by atoms with Gasteiger partial charge in [0.25, 0.3) is 0 Å². The van der Waals surface area contributed by atoms with Gasteiger partial charge < -0.3 is 14.6 Å². The van der Waals surface area contributed by atoms with Crippen molar-refractivity contribution in [3.05, 3.63) is 23.8 Å². The predicted octanol–water partition coefficient (Wildman–Crippen LogP) is 2.28. The molecule has 1 aliphatic heterocycles. The zero-order valence-electron chi connectivity index (χ0n) is 10.9. The summed E-state index contributed by atoms with van der Waals surface area (Å²) in [4.78, 5) is 22.7. The highest BCUT2D eigenvalue weighted by Gasteiger charge is 2.36. The van der Waals surface area contributed by atoms with Crippen molar-refractivity contribution in [2.75, 3.05) is 7.11 Å². The minimum atomic E-state index is -0.895. The average Bonchev–Trinajstić information content (AvgIpc) is 2.35. The smallest absolute Gasteiger partial charge is 0.303 e.